The third kappa shape index (κ3) is 6.26. The summed E-state index contributed by atoms with van der Waals surface area (Å²) in [6.45, 7) is 13.0. The molecule has 1 aliphatic rings. The number of nitrogens with zero attached hydrogens (tertiary/aromatic N) is 4. The van der Waals surface area contributed by atoms with Crippen LogP contribution in [0.5, 0.6) is 0 Å². The standard InChI is InChI=1S/C27H38N4O3Si/c1-26(2,3)34-25(32)31-19-21(29-30-28)17-18-22(31)20-33-35(27(4,5)6,23-13-9-7-10-14-23)24-15-11-8-12-16-24/h7-16,21-22H,17-20H2,1-6H3. The molecule has 0 N–H and O–H groups in total. The van der Waals surface area contributed by atoms with Crippen LogP contribution < -0.4 is 10.4 Å². The van der Waals surface area contributed by atoms with Crippen LogP contribution >= 0.6 is 0 Å². The van der Waals surface area contributed by atoms with E-state index >= 15 is 0 Å². The molecule has 2 aromatic carbocycles. The highest BCUT2D eigenvalue weighted by molar-refractivity contribution is 6.99. The van der Waals surface area contributed by atoms with E-state index in [1.165, 1.54) is 10.4 Å². The quantitative estimate of drug-likeness (QED) is 0.225. The smallest absolute Gasteiger partial charge is 0.410 e. The van der Waals surface area contributed by atoms with Gasteiger partial charge in [0.15, 0.2) is 0 Å². The van der Waals surface area contributed by atoms with Crippen molar-refractivity contribution in [3.05, 3.63) is 71.1 Å². The first-order chi connectivity index (χ1) is 16.5. The van der Waals surface area contributed by atoms with E-state index in [0.717, 1.165) is 0 Å². The normalized spacial score (nSPS) is 19.1. The Labute approximate surface area is 210 Å². The molecule has 0 bridgehead atoms. The van der Waals surface area contributed by atoms with Crippen LogP contribution in [0.25, 0.3) is 10.4 Å². The van der Waals surface area contributed by atoms with Crippen LogP contribution in [0, 0.1) is 0 Å². The van der Waals surface area contributed by atoms with Gasteiger partial charge >= 0.3 is 6.09 Å². The summed E-state index contributed by atoms with van der Waals surface area (Å²) in [6, 6.07) is 20.5. The van der Waals surface area contributed by atoms with Gasteiger partial charge in [0.25, 0.3) is 8.32 Å². The minimum atomic E-state index is -2.74. The van der Waals surface area contributed by atoms with Gasteiger partial charge in [-0.3, -0.25) is 0 Å². The summed E-state index contributed by atoms with van der Waals surface area (Å²) in [5.41, 5.74) is 8.33. The molecule has 0 aliphatic carbocycles. The molecule has 0 radical (unpaired) electrons. The van der Waals surface area contributed by atoms with Gasteiger partial charge in [0.1, 0.15) is 5.60 Å². The number of hydrogen-bond acceptors (Lipinski definition) is 4. The summed E-state index contributed by atoms with van der Waals surface area (Å²) in [6.07, 6.45) is 0.991. The number of carbonyl (C=O) groups is 1. The fraction of sp³-hybridized carbons (Fsp3) is 0.519. The lowest BCUT2D eigenvalue weighted by Crippen LogP contribution is -2.67. The van der Waals surface area contributed by atoms with E-state index in [1.807, 2.05) is 32.9 Å². The summed E-state index contributed by atoms with van der Waals surface area (Å²) >= 11 is 0. The first-order valence-corrected chi connectivity index (χ1v) is 14.2. The fourth-order valence-corrected chi connectivity index (χ4v) is 9.47. The van der Waals surface area contributed by atoms with Crippen molar-refractivity contribution in [3.63, 3.8) is 0 Å². The molecule has 2 unspecified atom stereocenters. The van der Waals surface area contributed by atoms with Gasteiger partial charge in [-0.15, -0.1) is 0 Å². The molecule has 1 amide bonds. The van der Waals surface area contributed by atoms with Gasteiger partial charge in [-0.1, -0.05) is 86.5 Å². The molecule has 0 aromatic heterocycles. The number of carbonyl (C=O) groups excluding carboxylic acids is 1. The minimum Gasteiger partial charge on any atom is -0.444 e. The number of benzene rings is 2. The largest absolute Gasteiger partial charge is 0.444 e. The van der Waals surface area contributed by atoms with E-state index < -0.39 is 20.0 Å². The van der Waals surface area contributed by atoms with E-state index in [0.29, 0.717) is 26.0 Å². The Morgan fingerprint density at radius 3 is 2.00 bits per heavy atom. The van der Waals surface area contributed by atoms with Gasteiger partial charge in [0.05, 0.1) is 18.7 Å². The molecule has 35 heavy (non-hydrogen) atoms. The Morgan fingerprint density at radius 2 is 1.54 bits per heavy atom. The molecule has 1 fully saturated rings. The van der Waals surface area contributed by atoms with Crippen LogP contribution in [0.15, 0.2) is 65.8 Å². The molecule has 1 saturated heterocycles. The number of azide groups is 1. The molecule has 0 saturated carbocycles. The average Bonchev–Trinajstić information content (AvgIpc) is 2.80. The monoisotopic (exact) mass is 494 g/mol. The first-order valence-electron chi connectivity index (χ1n) is 12.3. The summed E-state index contributed by atoms with van der Waals surface area (Å²) in [7, 11) is -2.74. The molecule has 2 aromatic rings. The molecule has 3 rings (SSSR count). The number of rotatable bonds is 6. The van der Waals surface area contributed by atoms with Gasteiger partial charge < -0.3 is 14.1 Å². The number of hydrogen-bond donors (Lipinski definition) is 0. The van der Waals surface area contributed by atoms with Gasteiger partial charge in [-0.2, -0.15) is 0 Å². The minimum absolute atomic E-state index is 0.158. The van der Waals surface area contributed by atoms with Gasteiger partial charge in [0.2, 0.25) is 0 Å². The predicted molar refractivity (Wildman–Crippen MR) is 142 cm³/mol. The SMILES string of the molecule is CC(C)(C)OC(=O)N1CC(N=[N+]=[N-])CCC1CO[Si](c1ccccc1)(c1ccccc1)C(C)(C)C. The van der Waals surface area contributed by atoms with Crippen molar-refractivity contribution < 1.29 is 14.0 Å². The predicted octanol–water partition coefficient (Wildman–Crippen LogP) is 5.64. The maximum absolute atomic E-state index is 13.2. The van der Waals surface area contributed by atoms with Crippen molar-refractivity contribution >= 4 is 24.8 Å². The molecule has 2 atom stereocenters. The maximum Gasteiger partial charge on any atom is 0.410 e. The Kier molecular flexibility index (Phi) is 8.31. The summed E-state index contributed by atoms with van der Waals surface area (Å²) in [4.78, 5) is 17.8. The highest BCUT2D eigenvalue weighted by Crippen LogP contribution is 2.37. The van der Waals surface area contributed by atoms with Crippen LogP contribution in [0.2, 0.25) is 5.04 Å². The molecule has 0 spiro atoms. The van der Waals surface area contributed by atoms with Crippen LogP contribution in [-0.2, 0) is 9.16 Å². The van der Waals surface area contributed by atoms with E-state index in [1.54, 1.807) is 4.90 Å². The van der Waals surface area contributed by atoms with E-state index in [4.69, 9.17) is 14.7 Å². The van der Waals surface area contributed by atoms with Crippen molar-refractivity contribution in [2.75, 3.05) is 13.2 Å². The van der Waals surface area contributed by atoms with Crippen molar-refractivity contribution in [1.82, 2.24) is 4.90 Å². The molecule has 1 heterocycles. The third-order valence-electron chi connectivity index (χ3n) is 6.43. The van der Waals surface area contributed by atoms with Crippen LogP contribution in [0.4, 0.5) is 4.79 Å². The number of amides is 1. The van der Waals surface area contributed by atoms with Gasteiger partial charge in [0, 0.05) is 11.5 Å². The third-order valence-corrected chi connectivity index (χ3v) is 11.4. The maximum atomic E-state index is 13.2. The summed E-state index contributed by atoms with van der Waals surface area (Å²) < 4.78 is 12.8. The number of likely N-dealkylation sites (tertiary alicyclic amines) is 1. The van der Waals surface area contributed by atoms with Crippen LogP contribution in [0.1, 0.15) is 54.4 Å². The van der Waals surface area contributed by atoms with E-state index in [2.05, 4.69) is 79.3 Å². The molecule has 188 valence electrons. The van der Waals surface area contributed by atoms with E-state index in [9.17, 15) is 4.79 Å². The lowest BCUT2D eigenvalue weighted by Gasteiger charge is -2.45. The van der Waals surface area contributed by atoms with Gasteiger partial charge in [-0.05, 0) is 54.6 Å². The molecular formula is C27H38N4O3Si. The Hall–Kier alpha value is -2.80. The zero-order valence-electron chi connectivity index (χ0n) is 21.8. The zero-order chi connectivity index (χ0) is 25.7. The number of ether oxygens (including phenoxy) is 1. The Bertz CT molecular complexity index is 988. The summed E-state index contributed by atoms with van der Waals surface area (Å²) in [5, 5.41) is 6.13. The van der Waals surface area contributed by atoms with Crippen molar-refractivity contribution in [1.29, 1.82) is 0 Å². The number of piperidine rings is 1. The van der Waals surface area contributed by atoms with Crippen molar-refractivity contribution in [2.45, 2.75) is 77.1 Å². The molecular weight excluding hydrogens is 456 g/mol. The Balaban J connectivity index is 1.98. The van der Waals surface area contributed by atoms with Crippen LogP contribution in [0.3, 0.4) is 0 Å². The zero-order valence-corrected chi connectivity index (χ0v) is 22.8. The lowest BCUT2D eigenvalue weighted by atomic mass is 10.00. The van der Waals surface area contributed by atoms with Crippen molar-refractivity contribution in [3.8, 4) is 0 Å². The van der Waals surface area contributed by atoms with Crippen LogP contribution in [-0.4, -0.2) is 50.1 Å². The molecule has 7 nitrogen and oxygen atoms in total. The summed E-state index contributed by atoms with van der Waals surface area (Å²) in [5.74, 6) is 0. The average molecular weight is 495 g/mol. The molecule has 8 heteroatoms. The Morgan fingerprint density at radius 1 is 1.00 bits per heavy atom. The first kappa shape index (κ1) is 26.8. The fourth-order valence-electron chi connectivity index (χ4n) is 4.88. The molecule has 1 aliphatic heterocycles. The van der Waals surface area contributed by atoms with Crippen molar-refractivity contribution in [2.24, 2.45) is 5.11 Å². The van der Waals surface area contributed by atoms with E-state index in [-0.39, 0.29) is 17.1 Å². The second-order valence-corrected chi connectivity index (χ2v) is 15.5. The topological polar surface area (TPSA) is 87.5 Å². The highest BCUT2D eigenvalue weighted by Gasteiger charge is 2.51. The van der Waals surface area contributed by atoms with Gasteiger partial charge in [-0.25, -0.2) is 4.79 Å². The highest BCUT2D eigenvalue weighted by atomic mass is 28.4. The lowest BCUT2D eigenvalue weighted by molar-refractivity contribution is 0.000616. The second kappa shape index (κ2) is 10.9. The second-order valence-electron chi connectivity index (χ2n) is 11.2.